The van der Waals surface area contributed by atoms with Gasteiger partial charge in [-0.1, -0.05) is 51.8 Å². The molecule has 0 atom stereocenters. The molecule has 6 nitrogen and oxygen atoms in total. The Hall–Kier alpha value is -3.48. The molecule has 0 aliphatic heterocycles. The normalized spacial score (nSPS) is 11.4. The molecule has 0 unspecified atom stereocenters. The fraction of sp³-hybridized carbons (Fsp3) is 0.370. The van der Waals surface area contributed by atoms with Crippen molar-refractivity contribution in [2.45, 2.75) is 52.9 Å². The lowest BCUT2D eigenvalue weighted by molar-refractivity contribution is -0.117. The van der Waals surface area contributed by atoms with Gasteiger partial charge in [-0.25, -0.2) is 9.07 Å². The van der Waals surface area contributed by atoms with Crippen molar-refractivity contribution in [3.05, 3.63) is 77.2 Å². The average molecular weight is 465 g/mol. The Kier molecular flexibility index (Phi) is 7.87. The van der Waals surface area contributed by atoms with E-state index in [-0.39, 0.29) is 23.8 Å². The van der Waals surface area contributed by atoms with E-state index in [2.05, 4.69) is 26.1 Å². The van der Waals surface area contributed by atoms with Crippen molar-refractivity contribution in [1.29, 1.82) is 0 Å². The maximum absolute atomic E-state index is 13.3. The topological polar surface area (TPSA) is 67.2 Å². The second-order valence-corrected chi connectivity index (χ2v) is 9.55. The quantitative estimate of drug-likeness (QED) is 0.479. The molecule has 2 aromatic carbocycles. The number of nitrogens with zero attached hydrogens (tertiary/aromatic N) is 3. The monoisotopic (exact) mass is 464 g/mol. The first-order chi connectivity index (χ1) is 16.1. The lowest BCUT2D eigenvalue weighted by atomic mass is 9.92. The van der Waals surface area contributed by atoms with Crippen LogP contribution in [0.25, 0.3) is 5.69 Å². The largest absolute Gasteiger partial charge is 0.329 e. The number of aromatic nitrogens is 2. The van der Waals surface area contributed by atoms with Crippen LogP contribution in [0.1, 0.15) is 62.2 Å². The molecule has 180 valence electrons. The van der Waals surface area contributed by atoms with Crippen molar-refractivity contribution < 1.29 is 14.0 Å². The molecule has 1 aromatic heterocycles. The second kappa shape index (κ2) is 10.6. The van der Waals surface area contributed by atoms with Gasteiger partial charge >= 0.3 is 0 Å². The molecule has 34 heavy (non-hydrogen) atoms. The van der Waals surface area contributed by atoms with Gasteiger partial charge < -0.3 is 10.2 Å². The van der Waals surface area contributed by atoms with Crippen molar-refractivity contribution >= 4 is 17.6 Å². The summed E-state index contributed by atoms with van der Waals surface area (Å²) in [4.78, 5) is 27.6. The summed E-state index contributed by atoms with van der Waals surface area (Å²) >= 11 is 0. The number of rotatable bonds is 8. The zero-order valence-corrected chi connectivity index (χ0v) is 20.6. The van der Waals surface area contributed by atoms with Gasteiger partial charge in [0.05, 0.1) is 11.4 Å². The maximum Gasteiger partial charge on any atom is 0.254 e. The van der Waals surface area contributed by atoms with E-state index in [1.807, 2.05) is 44.2 Å². The van der Waals surface area contributed by atoms with E-state index in [1.54, 1.807) is 4.68 Å². The van der Waals surface area contributed by atoms with E-state index in [1.165, 1.54) is 29.2 Å². The molecule has 0 saturated heterocycles. The molecule has 0 bridgehead atoms. The molecular formula is C27H33FN4O2. The first kappa shape index (κ1) is 25.1. The Morgan fingerprint density at radius 2 is 1.71 bits per heavy atom. The SMILES string of the molecule is CCCCN(CC(=O)Nc1cc(C(C)(C)C)nn1-c1ccc(C)cc1)C(=O)c1ccc(F)cc1. The van der Waals surface area contributed by atoms with Crippen molar-refractivity contribution in [3.63, 3.8) is 0 Å². The highest BCUT2D eigenvalue weighted by molar-refractivity contribution is 5.99. The summed E-state index contributed by atoms with van der Waals surface area (Å²) in [7, 11) is 0. The molecule has 0 saturated carbocycles. The predicted octanol–water partition coefficient (Wildman–Crippen LogP) is 5.50. The first-order valence-electron chi connectivity index (χ1n) is 11.6. The van der Waals surface area contributed by atoms with Gasteiger partial charge in [-0.3, -0.25) is 9.59 Å². The Bertz CT molecular complexity index is 1130. The summed E-state index contributed by atoms with van der Waals surface area (Å²) < 4.78 is 15.0. The van der Waals surface area contributed by atoms with Crippen molar-refractivity contribution in [2.24, 2.45) is 0 Å². The maximum atomic E-state index is 13.3. The summed E-state index contributed by atoms with van der Waals surface area (Å²) in [6, 6.07) is 15.1. The fourth-order valence-corrected chi connectivity index (χ4v) is 3.45. The van der Waals surface area contributed by atoms with Gasteiger partial charge in [0.1, 0.15) is 18.2 Å². The van der Waals surface area contributed by atoms with Crippen LogP contribution in [0.5, 0.6) is 0 Å². The van der Waals surface area contributed by atoms with Gasteiger partial charge in [0, 0.05) is 23.6 Å². The minimum Gasteiger partial charge on any atom is -0.329 e. The van der Waals surface area contributed by atoms with Gasteiger partial charge in [-0.2, -0.15) is 5.10 Å². The Morgan fingerprint density at radius 1 is 1.06 bits per heavy atom. The number of anilines is 1. The number of carbonyl (C=O) groups excluding carboxylic acids is 2. The third-order valence-electron chi connectivity index (χ3n) is 5.52. The van der Waals surface area contributed by atoms with Gasteiger partial charge in [-0.05, 0) is 49.7 Å². The summed E-state index contributed by atoms with van der Waals surface area (Å²) in [6.07, 6.45) is 1.64. The number of benzene rings is 2. The number of hydrogen-bond donors (Lipinski definition) is 1. The number of carbonyl (C=O) groups is 2. The van der Waals surface area contributed by atoms with E-state index < -0.39 is 5.82 Å². The van der Waals surface area contributed by atoms with Gasteiger partial charge in [-0.15, -0.1) is 0 Å². The lowest BCUT2D eigenvalue weighted by Gasteiger charge is -2.22. The van der Waals surface area contributed by atoms with Crippen LogP contribution < -0.4 is 5.32 Å². The van der Waals surface area contributed by atoms with E-state index >= 15 is 0 Å². The van der Waals surface area contributed by atoms with Crippen molar-refractivity contribution in [3.8, 4) is 5.69 Å². The van der Waals surface area contributed by atoms with Gasteiger partial charge in [0.15, 0.2) is 0 Å². The second-order valence-electron chi connectivity index (χ2n) is 9.55. The number of unbranched alkanes of at least 4 members (excludes halogenated alkanes) is 1. The lowest BCUT2D eigenvalue weighted by Crippen LogP contribution is -2.39. The fourth-order valence-electron chi connectivity index (χ4n) is 3.45. The average Bonchev–Trinajstić information content (AvgIpc) is 3.21. The minimum absolute atomic E-state index is 0.111. The van der Waals surface area contributed by atoms with Crippen LogP contribution in [0, 0.1) is 12.7 Å². The van der Waals surface area contributed by atoms with Crippen LogP contribution in [-0.4, -0.2) is 39.6 Å². The zero-order valence-electron chi connectivity index (χ0n) is 20.6. The number of hydrogen-bond acceptors (Lipinski definition) is 3. The molecule has 3 aromatic rings. The van der Waals surface area contributed by atoms with Crippen LogP contribution in [-0.2, 0) is 10.2 Å². The zero-order chi connectivity index (χ0) is 24.9. The highest BCUT2D eigenvalue weighted by atomic mass is 19.1. The molecule has 7 heteroatoms. The van der Waals surface area contributed by atoms with E-state index in [0.29, 0.717) is 17.9 Å². The first-order valence-corrected chi connectivity index (χ1v) is 11.6. The molecular weight excluding hydrogens is 431 g/mol. The van der Waals surface area contributed by atoms with Crippen LogP contribution in [0.2, 0.25) is 0 Å². The highest BCUT2D eigenvalue weighted by Crippen LogP contribution is 2.26. The molecule has 1 N–H and O–H groups in total. The number of aryl methyl sites for hydroxylation is 1. The minimum atomic E-state index is -0.409. The van der Waals surface area contributed by atoms with Crippen LogP contribution in [0.3, 0.4) is 0 Å². The Morgan fingerprint density at radius 3 is 2.29 bits per heavy atom. The summed E-state index contributed by atoms with van der Waals surface area (Å²) in [5.74, 6) is -0.483. The Labute approximate surface area is 200 Å². The van der Waals surface area contributed by atoms with Gasteiger partial charge in [0.25, 0.3) is 5.91 Å². The molecule has 0 spiro atoms. The van der Waals surface area contributed by atoms with E-state index in [9.17, 15) is 14.0 Å². The molecule has 0 radical (unpaired) electrons. The predicted molar refractivity (Wildman–Crippen MR) is 133 cm³/mol. The molecule has 0 aliphatic carbocycles. The number of halogens is 1. The molecule has 2 amide bonds. The smallest absolute Gasteiger partial charge is 0.254 e. The van der Waals surface area contributed by atoms with Gasteiger partial charge in [0.2, 0.25) is 5.91 Å². The van der Waals surface area contributed by atoms with Crippen molar-refractivity contribution in [2.75, 3.05) is 18.4 Å². The third kappa shape index (κ3) is 6.31. The van der Waals surface area contributed by atoms with Crippen LogP contribution in [0.15, 0.2) is 54.6 Å². The van der Waals surface area contributed by atoms with E-state index in [0.717, 1.165) is 29.8 Å². The molecule has 0 aliphatic rings. The molecule has 0 fully saturated rings. The molecule has 1 heterocycles. The summed E-state index contributed by atoms with van der Waals surface area (Å²) in [5, 5.41) is 7.69. The summed E-state index contributed by atoms with van der Waals surface area (Å²) in [5.41, 5.74) is 2.95. The van der Waals surface area contributed by atoms with Crippen molar-refractivity contribution in [1.82, 2.24) is 14.7 Å². The number of amides is 2. The Balaban J connectivity index is 1.84. The summed E-state index contributed by atoms with van der Waals surface area (Å²) in [6.45, 7) is 10.6. The van der Waals surface area contributed by atoms with Crippen LogP contribution in [0.4, 0.5) is 10.2 Å². The standard InChI is InChI=1S/C27H33FN4O2/c1-6-7-16-31(26(34)20-10-12-21(28)13-11-20)18-25(33)29-24-17-23(27(3,4)5)30-32(24)22-14-8-19(2)9-15-22/h8-15,17H,6-7,16,18H2,1-5H3,(H,29,33). The van der Waals surface area contributed by atoms with Crippen LogP contribution >= 0.6 is 0 Å². The number of nitrogens with one attached hydrogen (secondary N) is 1. The molecule has 3 rings (SSSR count). The van der Waals surface area contributed by atoms with E-state index in [4.69, 9.17) is 5.10 Å². The highest BCUT2D eigenvalue weighted by Gasteiger charge is 2.23. The third-order valence-corrected chi connectivity index (χ3v) is 5.52.